The van der Waals surface area contributed by atoms with E-state index in [1.807, 2.05) is 32.0 Å². The summed E-state index contributed by atoms with van der Waals surface area (Å²) in [4.78, 5) is 0. The Morgan fingerprint density at radius 1 is 1.21 bits per heavy atom. The molecule has 2 N–H and O–H groups in total. The average Bonchev–Trinajstić information content (AvgIpc) is 3.04. The van der Waals surface area contributed by atoms with Gasteiger partial charge in [-0.15, -0.1) is 0 Å². The minimum Gasteiger partial charge on any atom is -0.478 e. The van der Waals surface area contributed by atoms with E-state index < -0.39 is 0 Å². The van der Waals surface area contributed by atoms with Crippen LogP contribution in [0.5, 0.6) is 5.75 Å². The predicted molar refractivity (Wildman–Crippen MR) is 117 cm³/mol. The zero-order valence-electron chi connectivity index (χ0n) is 18.4. The molecular formula is C25H39NO3. The van der Waals surface area contributed by atoms with Crippen LogP contribution in [0.3, 0.4) is 0 Å². The number of ether oxygens (including phenoxy) is 1. The Hall–Kier alpha value is -1.57. The number of aliphatic hydroxyl groups is 2. The highest BCUT2D eigenvalue weighted by Crippen LogP contribution is 2.48. The summed E-state index contributed by atoms with van der Waals surface area (Å²) < 4.78 is 5.62. The van der Waals surface area contributed by atoms with Crippen LogP contribution in [0.2, 0.25) is 0 Å². The number of unbranched alkanes of at least 4 members (excludes halogenated alkanes) is 2. The number of aliphatic hydroxyl groups excluding tert-OH is 2. The van der Waals surface area contributed by atoms with Gasteiger partial charge in [0.15, 0.2) is 6.61 Å². The molecule has 29 heavy (non-hydrogen) atoms. The standard InChI is InChI=1S/C23H33NO3.C2H6/c1-2-3-4-7-18(25)9-10-19-20-13-16-6-5-8-23(27-12-11-24)21(16)14-17(20)15-22(19)26;1-2/h5-6,8,17-20,22,25-26H,2-4,7,9-10,12-15H2,1H3;1-2H3/t17?,18?,19?,20?,22-;/m1./s1. The van der Waals surface area contributed by atoms with Crippen LogP contribution < -0.4 is 4.74 Å². The van der Waals surface area contributed by atoms with Crippen LogP contribution in [0.15, 0.2) is 18.2 Å². The van der Waals surface area contributed by atoms with Gasteiger partial charge in [-0.25, -0.2) is 0 Å². The van der Waals surface area contributed by atoms with Gasteiger partial charge in [-0.1, -0.05) is 52.2 Å². The van der Waals surface area contributed by atoms with Gasteiger partial charge in [0, 0.05) is 0 Å². The van der Waals surface area contributed by atoms with Crippen LogP contribution in [0.1, 0.15) is 76.8 Å². The summed E-state index contributed by atoms with van der Waals surface area (Å²) in [6.45, 7) is 6.25. The van der Waals surface area contributed by atoms with Crippen LogP contribution in [0, 0.1) is 29.1 Å². The second-order valence-electron chi connectivity index (χ2n) is 8.37. The van der Waals surface area contributed by atoms with Gasteiger partial charge < -0.3 is 14.9 Å². The van der Waals surface area contributed by atoms with Crippen LogP contribution in [0.4, 0.5) is 0 Å². The Bertz CT molecular complexity index is 654. The molecule has 4 unspecified atom stereocenters. The molecule has 4 heteroatoms. The van der Waals surface area contributed by atoms with Crippen molar-refractivity contribution in [2.24, 2.45) is 17.8 Å². The fourth-order valence-electron chi connectivity index (χ4n) is 5.21. The van der Waals surface area contributed by atoms with Crippen molar-refractivity contribution in [3.63, 3.8) is 0 Å². The summed E-state index contributed by atoms with van der Waals surface area (Å²) in [6, 6.07) is 8.16. The third-order valence-electron chi connectivity index (χ3n) is 6.61. The molecule has 1 aromatic carbocycles. The van der Waals surface area contributed by atoms with Crippen molar-refractivity contribution < 1.29 is 14.9 Å². The lowest BCUT2D eigenvalue weighted by molar-refractivity contribution is 0.0869. The Morgan fingerprint density at radius 3 is 2.72 bits per heavy atom. The summed E-state index contributed by atoms with van der Waals surface area (Å²) in [5.74, 6) is 2.08. The topological polar surface area (TPSA) is 73.5 Å². The lowest BCUT2D eigenvalue weighted by atomic mass is 9.73. The molecule has 0 radical (unpaired) electrons. The number of hydrogen-bond donors (Lipinski definition) is 2. The zero-order valence-corrected chi connectivity index (χ0v) is 18.4. The van der Waals surface area contributed by atoms with Crippen molar-refractivity contribution >= 4 is 0 Å². The third-order valence-corrected chi connectivity index (χ3v) is 6.61. The van der Waals surface area contributed by atoms with Crippen LogP contribution in [-0.2, 0) is 12.8 Å². The zero-order chi connectivity index (χ0) is 21.2. The molecule has 5 atom stereocenters. The fourth-order valence-corrected chi connectivity index (χ4v) is 5.21. The Morgan fingerprint density at radius 2 is 2.00 bits per heavy atom. The van der Waals surface area contributed by atoms with E-state index in [0.717, 1.165) is 50.7 Å². The molecule has 3 rings (SSSR count). The van der Waals surface area contributed by atoms with Crippen LogP contribution in [-0.4, -0.2) is 29.0 Å². The molecule has 0 spiro atoms. The van der Waals surface area contributed by atoms with Gasteiger partial charge >= 0.3 is 0 Å². The van der Waals surface area contributed by atoms with Crippen LogP contribution >= 0.6 is 0 Å². The van der Waals surface area contributed by atoms with Gasteiger partial charge in [-0.05, 0) is 73.5 Å². The second kappa shape index (κ2) is 12.2. The summed E-state index contributed by atoms with van der Waals surface area (Å²) >= 11 is 0. The first-order valence-electron chi connectivity index (χ1n) is 11.6. The molecule has 0 heterocycles. The Kier molecular flexibility index (Phi) is 9.97. The van der Waals surface area contributed by atoms with Gasteiger partial charge in [0.05, 0.1) is 12.2 Å². The number of nitrogens with zero attached hydrogens (tertiary/aromatic N) is 1. The minimum atomic E-state index is -0.263. The largest absolute Gasteiger partial charge is 0.478 e. The fraction of sp³-hybridized carbons (Fsp3) is 0.720. The van der Waals surface area contributed by atoms with Gasteiger partial charge in [0.25, 0.3) is 0 Å². The van der Waals surface area contributed by atoms with E-state index in [-0.39, 0.29) is 24.7 Å². The maximum absolute atomic E-state index is 10.7. The third kappa shape index (κ3) is 6.20. The maximum Gasteiger partial charge on any atom is 0.174 e. The van der Waals surface area contributed by atoms with Crippen molar-refractivity contribution in [3.05, 3.63) is 29.3 Å². The molecule has 0 saturated heterocycles. The van der Waals surface area contributed by atoms with Crippen molar-refractivity contribution in [3.8, 4) is 11.8 Å². The summed E-state index contributed by atoms with van der Waals surface area (Å²) in [5.41, 5.74) is 2.52. The number of benzene rings is 1. The molecule has 1 fully saturated rings. The van der Waals surface area contributed by atoms with E-state index in [2.05, 4.69) is 13.0 Å². The van der Waals surface area contributed by atoms with E-state index >= 15 is 0 Å². The first-order chi connectivity index (χ1) is 14.1. The number of nitriles is 1. The monoisotopic (exact) mass is 401 g/mol. The van der Waals surface area contributed by atoms with Gasteiger partial charge in [0.2, 0.25) is 0 Å². The van der Waals surface area contributed by atoms with Gasteiger partial charge in [-0.2, -0.15) is 5.26 Å². The molecule has 1 saturated carbocycles. The van der Waals surface area contributed by atoms with E-state index in [0.29, 0.717) is 11.8 Å². The van der Waals surface area contributed by atoms with E-state index in [4.69, 9.17) is 10.00 Å². The molecular weight excluding hydrogens is 362 g/mol. The highest BCUT2D eigenvalue weighted by molar-refractivity contribution is 5.43. The van der Waals surface area contributed by atoms with Crippen LogP contribution in [0.25, 0.3) is 0 Å². The first kappa shape index (κ1) is 23.7. The smallest absolute Gasteiger partial charge is 0.174 e. The maximum atomic E-state index is 10.7. The van der Waals surface area contributed by atoms with Crippen molar-refractivity contribution in [1.29, 1.82) is 5.26 Å². The van der Waals surface area contributed by atoms with Crippen molar-refractivity contribution in [1.82, 2.24) is 0 Å². The summed E-state index contributed by atoms with van der Waals surface area (Å²) in [6.07, 6.45) is 8.29. The summed E-state index contributed by atoms with van der Waals surface area (Å²) in [7, 11) is 0. The van der Waals surface area contributed by atoms with Gasteiger partial charge in [0.1, 0.15) is 11.8 Å². The van der Waals surface area contributed by atoms with E-state index in [9.17, 15) is 10.2 Å². The molecule has 2 aliphatic rings. The Labute approximate surface area is 176 Å². The summed E-state index contributed by atoms with van der Waals surface area (Å²) in [5, 5.41) is 29.7. The molecule has 0 aromatic heterocycles. The SMILES string of the molecule is CC.CCCCCC(O)CCC1C2Cc3cccc(OCC#N)c3CC2C[C@H]1O. The molecule has 2 aliphatic carbocycles. The second-order valence-corrected chi connectivity index (χ2v) is 8.37. The quantitative estimate of drug-likeness (QED) is 0.568. The first-order valence-corrected chi connectivity index (χ1v) is 11.6. The molecule has 4 nitrogen and oxygen atoms in total. The highest BCUT2D eigenvalue weighted by atomic mass is 16.5. The Balaban J connectivity index is 0.00000145. The highest BCUT2D eigenvalue weighted by Gasteiger charge is 2.44. The lowest BCUT2D eigenvalue weighted by Crippen LogP contribution is -2.28. The van der Waals surface area contributed by atoms with E-state index in [1.54, 1.807) is 0 Å². The predicted octanol–water partition coefficient (Wildman–Crippen LogP) is 5.05. The molecule has 1 aromatic rings. The number of rotatable bonds is 9. The molecule has 0 aliphatic heterocycles. The number of fused-ring (bicyclic) bond motifs is 2. The molecule has 162 valence electrons. The number of hydrogen-bond acceptors (Lipinski definition) is 4. The molecule has 0 amide bonds. The average molecular weight is 402 g/mol. The normalized spacial score (nSPS) is 25.8. The van der Waals surface area contributed by atoms with Crippen molar-refractivity contribution in [2.45, 2.75) is 90.8 Å². The lowest BCUT2D eigenvalue weighted by Gasteiger charge is -2.32. The van der Waals surface area contributed by atoms with Crippen molar-refractivity contribution in [2.75, 3.05) is 6.61 Å². The van der Waals surface area contributed by atoms with E-state index in [1.165, 1.54) is 24.0 Å². The minimum absolute atomic E-state index is 0.0751. The molecule has 0 bridgehead atoms. The van der Waals surface area contributed by atoms with Gasteiger partial charge in [-0.3, -0.25) is 0 Å².